The van der Waals surface area contributed by atoms with E-state index in [2.05, 4.69) is 0 Å². The largest absolute Gasteiger partial charge is 0.365 e. The highest BCUT2D eigenvalue weighted by molar-refractivity contribution is 5.81. The molecule has 1 aliphatic carbocycles. The van der Waals surface area contributed by atoms with Gasteiger partial charge < -0.3 is 15.4 Å². The highest BCUT2D eigenvalue weighted by Gasteiger charge is 2.29. The van der Waals surface area contributed by atoms with Crippen molar-refractivity contribution in [3.05, 3.63) is 0 Å². The van der Waals surface area contributed by atoms with Gasteiger partial charge in [-0.1, -0.05) is 26.2 Å². The van der Waals surface area contributed by atoms with Gasteiger partial charge in [0, 0.05) is 19.1 Å². The maximum atomic E-state index is 12.5. The van der Waals surface area contributed by atoms with E-state index in [1.807, 2.05) is 11.8 Å². The Morgan fingerprint density at radius 1 is 1.21 bits per heavy atom. The van der Waals surface area contributed by atoms with E-state index in [-0.39, 0.29) is 18.1 Å². The molecule has 2 fully saturated rings. The molecule has 0 aromatic heterocycles. The van der Waals surface area contributed by atoms with Crippen molar-refractivity contribution in [2.45, 2.75) is 76.5 Å². The molecule has 0 bridgehead atoms. The first-order valence-corrected chi connectivity index (χ1v) is 7.90. The molecular weight excluding hydrogens is 240 g/mol. The van der Waals surface area contributed by atoms with Gasteiger partial charge in [0.15, 0.2) is 0 Å². The number of nitrogens with two attached hydrogens (primary N) is 1. The molecule has 2 rings (SSSR count). The van der Waals surface area contributed by atoms with Crippen molar-refractivity contribution in [2.24, 2.45) is 5.73 Å². The highest BCUT2D eigenvalue weighted by atomic mass is 16.5. The summed E-state index contributed by atoms with van der Waals surface area (Å²) in [4.78, 5) is 14.4. The summed E-state index contributed by atoms with van der Waals surface area (Å²) < 4.78 is 6.06. The summed E-state index contributed by atoms with van der Waals surface area (Å²) in [6.45, 7) is 3.64. The maximum absolute atomic E-state index is 12.5. The van der Waals surface area contributed by atoms with Gasteiger partial charge in [0.25, 0.3) is 5.91 Å². The van der Waals surface area contributed by atoms with Gasteiger partial charge in [0.2, 0.25) is 0 Å². The van der Waals surface area contributed by atoms with Crippen molar-refractivity contribution in [3.63, 3.8) is 0 Å². The lowest BCUT2D eigenvalue weighted by atomic mass is 9.97. The van der Waals surface area contributed by atoms with Crippen LogP contribution in [0.2, 0.25) is 0 Å². The zero-order valence-corrected chi connectivity index (χ0v) is 12.1. The second-order valence-electron chi connectivity index (χ2n) is 5.96. The minimum atomic E-state index is -0.238. The maximum Gasteiger partial charge on any atom is 0.251 e. The number of piperidine rings is 1. The zero-order chi connectivity index (χ0) is 13.7. The van der Waals surface area contributed by atoms with Crippen LogP contribution in [0.3, 0.4) is 0 Å². The number of ether oxygens (including phenoxy) is 1. The Hall–Kier alpha value is -0.610. The number of hydrogen-bond acceptors (Lipinski definition) is 3. The number of carbonyl (C=O) groups excluding carboxylic acids is 1. The van der Waals surface area contributed by atoms with E-state index in [0.717, 1.165) is 45.2 Å². The molecule has 110 valence electrons. The molecular formula is C15H28N2O2. The third-order valence-electron chi connectivity index (χ3n) is 4.41. The molecule has 1 aliphatic heterocycles. The Bertz CT molecular complexity index is 282. The molecule has 1 heterocycles. The SMILES string of the molecule is CCC(OC1CCCCC1)C(=O)N1CCC(N)CC1. The van der Waals surface area contributed by atoms with Gasteiger partial charge in [-0.2, -0.15) is 0 Å². The Labute approximate surface area is 116 Å². The summed E-state index contributed by atoms with van der Waals surface area (Å²) in [6, 6.07) is 0.267. The second-order valence-corrected chi connectivity index (χ2v) is 5.96. The Balaban J connectivity index is 1.83. The lowest BCUT2D eigenvalue weighted by Crippen LogP contribution is -2.48. The van der Waals surface area contributed by atoms with Gasteiger partial charge in [0.1, 0.15) is 6.10 Å². The van der Waals surface area contributed by atoms with Crippen molar-refractivity contribution in [1.29, 1.82) is 0 Å². The Morgan fingerprint density at radius 3 is 2.42 bits per heavy atom. The third kappa shape index (κ3) is 4.18. The van der Waals surface area contributed by atoms with Gasteiger partial charge in [-0.25, -0.2) is 0 Å². The van der Waals surface area contributed by atoms with Crippen LogP contribution in [0.15, 0.2) is 0 Å². The average Bonchev–Trinajstić information content (AvgIpc) is 2.46. The standard InChI is InChI=1S/C15H28N2O2/c1-2-14(19-13-6-4-3-5-7-13)15(18)17-10-8-12(16)9-11-17/h12-14H,2-11,16H2,1H3. The van der Waals surface area contributed by atoms with Gasteiger partial charge in [-0.15, -0.1) is 0 Å². The number of amides is 1. The first kappa shape index (κ1) is 14.8. The van der Waals surface area contributed by atoms with Gasteiger partial charge in [-0.05, 0) is 32.1 Å². The fourth-order valence-corrected chi connectivity index (χ4v) is 3.09. The molecule has 1 amide bonds. The fourth-order valence-electron chi connectivity index (χ4n) is 3.09. The Kier molecular flexibility index (Phi) is 5.64. The number of rotatable bonds is 4. The van der Waals surface area contributed by atoms with Crippen molar-refractivity contribution in [3.8, 4) is 0 Å². The number of carbonyl (C=O) groups is 1. The molecule has 0 radical (unpaired) electrons. The predicted octanol–water partition coefficient (Wildman–Crippen LogP) is 2.06. The fraction of sp³-hybridized carbons (Fsp3) is 0.933. The monoisotopic (exact) mass is 268 g/mol. The van der Waals surface area contributed by atoms with Crippen molar-refractivity contribution < 1.29 is 9.53 Å². The summed E-state index contributed by atoms with van der Waals surface area (Å²) >= 11 is 0. The third-order valence-corrected chi connectivity index (χ3v) is 4.41. The van der Waals surface area contributed by atoms with E-state index in [1.165, 1.54) is 19.3 Å². The zero-order valence-electron chi connectivity index (χ0n) is 12.1. The van der Waals surface area contributed by atoms with Crippen LogP contribution in [0.25, 0.3) is 0 Å². The first-order valence-electron chi connectivity index (χ1n) is 7.90. The van der Waals surface area contributed by atoms with Gasteiger partial charge in [0.05, 0.1) is 6.10 Å². The van der Waals surface area contributed by atoms with Crippen LogP contribution in [0, 0.1) is 0 Å². The highest BCUT2D eigenvalue weighted by Crippen LogP contribution is 2.23. The van der Waals surface area contributed by atoms with Crippen LogP contribution in [-0.2, 0) is 9.53 Å². The van der Waals surface area contributed by atoms with E-state index in [1.54, 1.807) is 0 Å². The van der Waals surface area contributed by atoms with Crippen LogP contribution in [0.1, 0.15) is 58.3 Å². The minimum absolute atomic E-state index is 0.181. The summed E-state index contributed by atoms with van der Waals surface area (Å²) in [5, 5.41) is 0. The number of nitrogens with zero attached hydrogens (tertiary/aromatic N) is 1. The summed E-state index contributed by atoms with van der Waals surface area (Å²) in [6.07, 6.45) is 8.72. The van der Waals surface area contributed by atoms with Gasteiger partial charge >= 0.3 is 0 Å². The minimum Gasteiger partial charge on any atom is -0.365 e. The molecule has 2 aliphatic rings. The molecule has 1 atom stereocenters. The van der Waals surface area contributed by atoms with Crippen LogP contribution < -0.4 is 5.73 Å². The van der Waals surface area contributed by atoms with Crippen LogP contribution in [-0.4, -0.2) is 42.1 Å². The molecule has 19 heavy (non-hydrogen) atoms. The molecule has 1 saturated carbocycles. The van der Waals surface area contributed by atoms with Crippen LogP contribution in [0.5, 0.6) is 0 Å². The molecule has 0 spiro atoms. The quantitative estimate of drug-likeness (QED) is 0.849. The molecule has 4 nitrogen and oxygen atoms in total. The van der Waals surface area contributed by atoms with Crippen molar-refractivity contribution in [1.82, 2.24) is 4.90 Å². The molecule has 1 saturated heterocycles. The average molecular weight is 268 g/mol. The molecule has 1 unspecified atom stereocenters. The van der Waals surface area contributed by atoms with Crippen LogP contribution in [0.4, 0.5) is 0 Å². The molecule has 0 aromatic carbocycles. The lowest BCUT2D eigenvalue weighted by Gasteiger charge is -2.34. The second kappa shape index (κ2) is 7.25. The lowest BCUT2D eigenvalue weighted by molar-refractivity contribution is -0.150. The van der Waals surface area contributed by atoms with Crippen molar-refractivity contribution >= 4 is 5.91 Å². The molecule has 0 aromatic rings. The van der Waals surface area contributed by atoms with E-state index in [9.17, 15) is 4.79 Å². The number of likely N-dealkylation sites (tertiary alicyclic amines) is 1. The topological polar surface area (TPSA) is 55.6 Å². The predicted molar refractivity (Wildman–Crippen MR) is 75.8 cm³/mol. The number of hydrogen-bond donors (Lipinski definition) is 1. The van der Waals surface area contributed by atoms with E-state index >= 15 is 0 Å². The summed E-state index contributed by atoms with van der Waals surface area (Å²) in [5.74, 6) is 0.181. The van der Waals surface area contributed by atoms with Crippen molar-refractivity contribution in [2.75, 3.05) is 13.1 Å². The smallest absolute Gasteiger partial charge is 0.251 e. The van der Waals surface area contributed by atoms with E-state index in [4.69, 9.17) is 10.5 Å². The Morgan fingerprint density at radius 2 is 1.84 bits per heavy atom. The summed E-state index contributed by atoms with van der Waals surface area (Å²) in [5.41, 5.74) is 5.89. The first-order chi connectivity index (χ1) is 9.20. The van der Waals surface area contributed by atoms with Gasteiger partial charge in [-0.3, -0.25) is 4.79 Å². The molecule has 4 heteroatoms. The normalized spacial score (nSPS) is 24.4. The van der Waals surface area contributed by atoms with E-state index in [0.29, 0.717) is 6.10 Å². The summed E-state index contributed by atoms with van der Waals surface area (Å²) in [7, 11) is 0. The van der Waals surface area contributed by atoms with Crippen LogP contribution >= 0.6 is 0 Å². The van der Waals surface area contributed by atoms with E-state index < -0.39 is 0 Å². The molecule has 2 N–H and O–H groups in total.